The first-order valence-electron chi connectivity index (χ1n) is 9.86. The zero-order chi connectivity index (χ0) is 21.8. The minimum absolute atomic E-state index is 0.332. The molecule has 7 heteroatoms. The maximum Gasteiger partial charge on any atom is 0.215 e. The molecule has 1 N–H and O–H groups in total. The Balaban J connectivity index is 2.27. The van der Waals surface area contributed by atoms with E-state index < -0.39 is 0 Å². The monoisotopic (exact) mass is 408 g/mol. The molecule has 0 aliphatic heterocycles. The van der Waals surface area contributed by atoms with Crippen LogP contribution in [0.4, 0.5) is 0 Å². The van der Waals surface area contributed by atoms with Crippen LogP contribution in [0, 0.1) is 0 Å². The highest BCUT2D eigenvalue weighted by Crippen LogP contribution is 2.25. The highest BCUT2D eigenvalue weighted by atomic mass is 16.6. The number of hydrogen-bond donors (Lipinski definition) is 1. The topological polar surface area (TPSA) is 83.4 Å². The Labute approximate surface area is 177 Å². The van der Waals surface area contributed by atoms with Gasteiger partial charge in [0.1, 0.15) is 12.9 Å². The van der Waals surface area contributed by atoms with Gasteiger partial charge < -0.3 is 10.2 Å². The van der Waals surface area contributed by atoms with E-state index in [1.165, 1.54) is 7.11 Å². The quantitative estimate of drug-likeness (QED) is 0.282. The second-order valence-corrected chi connectivity index (χ2v) is 6.60. The summed E-state index contributed by atoms with van der Waals surface area (Å²) in [5, 5.41) is 6.48. The molecule has 2 amide bonds. The van der Waals surface area contributed by atoms with Crippen LogP contribution in [-0.2, 0) is 21.0 Å². The summed E-state index contributed by atoms with van der Waals surface area (Å²) in [6.07, 6.45) is 4.22. The number of benzene rings is 2. The zero-order valence-corrected chi connectivity index (χ0v) is 17.7. The molecule has 0 unspecified atom stereocenters. The molecule has 7 nitrogen and oxygen atoms in total. The Morgan fingerprint density at radius 1 is 1.13 bits per heavy atom. The third-order valence-corrected chi connectivity index (χ3v) is 4.65. The molecule has 2 rings (SSSR count). The van der Waals surface area contributed by atoms with Gasteiger partial charge in [-0.25, -0.2) is 0 Å². The average Bonchev–Trinajstić information content (AvgIpc) is 2.79. The molecule has 2 aromatic carbocycles. The minimum Gasteiger partial charge on any atom is -0.397 e. The number of hydrogen-bond acceptors (Lipinski definition) is 5. The van der Waals surface area contributed by atoms with E-state index in [-0.39, 0.29) is 0 Å². The molecule has 0 atom stereocenters. The van der Waals surface area contributed by atoms with Gasteiger partial charge >= 0.3 is 0 Å². The van der Waals surface area contributed by atoms with Gasteiger partial charge in [-0.3, -0.25) is 19.5 Å². The molecule has 0 aromatic heterocycles. The Morgan fingerprint density at radius 3 is 2.47 bits per heavy atom. The van der Waals surface area contributed by atoms with Gasteiger partial charge in [-0.05, 0) is 23.1 Å². The number of rotatable bonds is 10. The van der Waals surface area contributed by atoms with Crippen LogP contribution in [0.25, 0.3) is 11.1 Å². The number of carbonyl (C=O) groups excluding carboxylic acids is 2. The lowest BCUT2D eigenvalue weighted by molar-refractivity contribution is -0.115. The first kappa shape index (κ1) is 22.8. The van der Waals surface area contributed by atoms with Crippen molar-refractivity contribution in [3.63, 3.8) is 0 Å². The van der Waals surface area contributed by atoms with E-state index in [0.717, 1.165) is 53.8 Å². The van der Waals surface area contributed by atoms with E-state index in [4.69, 9.17) is 4.84 Å². The number of amidine groups is 2. The molecule has 0 saturated carbocycles. The number of carbonyl (C=O) groups is 2. The predicted octanol–water partition coefficient (Wildman–Crippen LogP) is 3.58. The van der Waals surface area contributed by atoms with Crippen LogP contribution < -0.4 is 5.32 Å². The van der Waals surface area contributed by atoms with Crippen molar-refractivity contribution >= 4 is 24.5 Å². The van der Waals surface area contributed by atoms with Crippen LogP contribution in [0.5, 0.6) is 0 Å². The lowest BCUT2D eigenvalue weighted by Crippen LogP contribution is -2.29. The third-order valence-electron chi connectivity index (χ3n) is 4.65. The second-order valence-electron chi connectivity index (χ2n) is 6.60. The van der Waals surface area contributed by atoms with E-state index in [9.17, 15) is 9.59 Å². The van der Waals surface area contributed by atoms with Crippen molar-refractivity contribution in [1.29, 1.82) is 0 Å². The summed E-state index contributed by atoms with van der Waals surface area (Å²) < 4.78 is 0. The largest absolute Gasteiger partial charge is 0.397 e. The second kappa shape index (κ2) is 12.2. The van der Waals surface area contributed by atoms with E-state index in [0.29, 0.717) is 18.8 Å². The molecule has 0 fully saturated rings. The molecule has 0 saturated heterocycles. The number of aliphatic imine (C=N–C) groups is 1. The standard InChI is InChI=1S/C23H28N4O3/c1-4-5-10-22(24-2)27(17-29)15-18-11-13-19(14-12-18)20-8-6-7-9-21(20)23(25-16-28)26-30-3/h6-9,11-14,16-17H,4-5,10,15H2,1-3H3,(H,25,26,28). The highest BCUT2D eigenvalue weighted by molar-refractivity contribution is 6.08. The maximum atomic E-state index is 11.6. The fraction of sp³-hybridized carbons (Fsp3) is 0.304. The van der Waals surface area contributed by atoms with Gasteiger partial charge in [-0.2, -0.15) is 0 Å². The molecule has 158 valence electrons. The minimum atomic E-state index is 0.332. The van der Waals surface area contributed by atoms with Crippen molar-refractivity contribution in [1.82, 2.24) is 10.2 Å². The Morgan fingerprint density at radius 2 is 1.87 bits per heavy atom. The van der Waals surface area contributed by atoms with Gasteiger partial charge in [0.05, 0.1) is 6.54 Å². The van der Waals surface area contributed by atoms with E-state index in [2.05, 4.69) is 22.4 Å². The van der Waals surface area contributed by atoms with Crippen molar-refractivity contribution in [3.05, 3.63) is 59.7 Å². The normalized spacial score (nSPS) is 11.7. The molecular weight excluding hydrogens is 380 g/mol. The van der Waals surface area contributed by atoms with Crippen LogP contribution >= 0.6 is 0 Å². The van der Waals surface area contributed by atoms with Gasteiger partial charge in [-0.1, -0.05) is 67.0 Å². The highest BCUT2D eigenvalue weighted by Gasteiger charge is 2.13. The molecule has 0 radical (unpaired) electrons. The molecule has 0 aliphatic carbocycles. The van der Waals surface area contributed by atoms with Crippen molar-refractivity contribution in [2.75, 3.05) is 14.2 Å². The Bertz CT molecular complexity index is 892. The molecule has 0 bridgehead atoms. The van der Waals surface area contributed by atoms with E-state index in [1.807, 2.05) is 48.5 Å². The van der Waals surface area contributed by atoms with Crippen LogP contribution in [-0.4, -0.2) is 43.5 Å². The first-order valence-corrected chi connectivity index (χ1v) is 9.86. The SMILES string of the molecule is CCCCC(=NC)N(C=O)Cc1ccc(-c2ccccc2/C(=N/OC)NC=O)cc1. The van der Waals surface area contributed by atoms with Crippen molar-refractivity contribution in [3.8, 4) is 11.1 Å². The van der Waals surface area contributed by atoms with Crippen molar-refractivity contribution in [2.45, 2.75) is 32.7 Å². The van der Waals surface area contributed by atoms with Crippen molar-refractivity contribution in [2.24, 2.45) is 10.1 Å². The first-order chi connectivity index (χ1) is 14.7. The smallest absolute Gasteiger partial charge is 0.215 e. The van der Waals surface area contributed by atoms with Crippen LogP contribution in [0.3, 0.4) is 0 Å². The zero-order valence-electron chi connectivity index (χ0n) is 17.7. The van der Waals surface area contributed by atoms with Gasteiger partial charge in [0, 0.05) is 19.0 Å². The lowest BCUT2D eigenvalue weighted by atomic mass is 9.98. The summed E-state index contributed by atoms with van der Waals surface area (Å²) in [6.45, 7) is 2.58. The van der Waals surface area contributed by atoms with Crippen molar-refractivity contribution < 1.29 is 14.4 Å². The molecule has 0 heterocycles. The Hall–Kier alpha value is -3.48. The molecule has 2 aromatic rings. The third kappa shape index (κ3) is 6.01. The molecule has 30 heavy (non-hydrogen) atoms. The van der Waals surface area contributed by atoms with Gasteiger partial charge in [-0.15, -0.1) is 0 Å². The summed E-state index contributed by atoms with van der Waals surface area (Å²) in [7, 11) is 3.14. The Kier molecular flexibility index (Phi) is 9.24. The van der Waals surface area contributed by atoms with E-state index in [1.54, 1.807) is 11.9 Å². The van der Waals surface area contributed by atoms with E-state index >= 15 is 0 Å². The molecule has 0 spiro atoms. The number of nitrogens with zero attached hydrogens (tertiary/aromatic N) is 3. The maximum absolute atomic E-state index is 11.6. The molecular formula is C23H28N4O3. The van der Waals surface area contributed by atoms with Crippen LogP contribution in [0.2, 0.25) is 0 Å². The average molecular weight is 409 g/mol. The van der Waals surface area contributed by atoms with Gasteiger partial charge in [0.2, 0.25) is 12.8 Å². The summed E-state index contributed by atoms with van der Waals surface area (Å²) >= 11 is 0. The number of nitrogens with one attached hydrogen (secondary N) is 1. The molecule has 0 aliphatic rings. The van der Waals surface area contributed by atoms with Crippen LogP contribution in [0.15, 0.2) is 58.7 Å². The van der Waals surface area contributed by atoms with Gasteiger partial charge in [0.15, 0.2) is 5.84 Å². The lowest BCUT2D eigenvalue weighted by Gasteiger charge is -2.20. The fourth-order valence-electron chi connectivity index (χ4n) is 3.14. The number of amides is 2. The summed E-state index contributed by atoms with van der Waals surface area (Å²) in [5.41, 5.74) is 3.60. The number of unbranched alkanes of at least 4 members (excludes halogenated alkanes) is 1. The summed E-state index contributed by atoms with van der Waals surface area (Å²) in [5.74, 6) is 1.13. The number of oxime groups is 1. The van der Waals surface area contributed by atoms with Gasteiger partial charge in [0.25, 0.3) is 0 Å². The fourth-order valence-corrected chi connectivity index (χ4v) is 3.14. The summed E-state index contributed by atoms with van der Waals surface area (Å²) in [6, 6.07) is 15.5. The summed E-state index contributed by atoms with van der Waals surface area (Å²) in [4.78, 5) is 33.3. The van der Waals surface area contributed by atoms with Crippen LogP contribution in [0.1, 0.15) is 37.3 Å². The predicted molar refractivity (Wildman–Crippen MR) is 119 cm³/mol.